The molecule has 3 aromatic rings. The van der Waals surface area contributed by atoms with Gasteiger partial charge in [-0.25, -0.2) is 4.98 Å². The Labute approximate surface area is 180 Å². The highest BCUT2D eigenvalue weighted by molar-refractivity contribution is 5.78. The number of aromatic nitrogens is 1. The minimum absolute atomic E-state index is 0.138. The van der Waals surface area contributed by atoms with Crippen LogP contribution in [0.25, 0.3) is 11.5 Å². The molecule has 2 aromatic carbocycles. The van der Waals surface area contributed by atoms with E-state index in [2.05, 4.69) is 17.1 Å². The van der Waals surface area contributed by atoms with Gasteiger partial charge in [0.1, 0.15) is 17.3 Å². The fraction of sp³-hybridized carbons (Fsp3) is 0.360. The minimum Gasteiger partial charge on any atom is -0.508 e. The number of rotatable bonds is 7. The SMILES string of the molecule is CCc1oc(-c2ccc(O)cc2)nc1CCOc1ccc2c(c1)CCC21CC1C(=O)O. The van der Waals surface area contributed by atoms with Crippen molar-refractivity contribution in [2.24, 2.45) is 5.92 Å². The molecule has 0 aliphatic heterocycles. The van der Waals surface area contributed by atoms with Crippen LogP contribution in [0.15, 0.2) is 46.9 Å². The molecule has 1 saturated carbocycles. The number of hydrogen-bond donors (Lipinski definition) is 2. The molecule has 160 valence electrons. The number of phenolic OH excluding ortho intramolecular Hbond substituents is 1. The van der Waals surface area contributed by atoms with Gasteiger partial charge in [-0.3, -0.25) is 4.79 Å². The van der Waals surface area contributed by atoms with Gasteiger partial charge in [-0.2, -0.15) is 0 Å². The predicted molar refractivity (Wildman–Crippen MR) is 114 cm³/mol. The number of aryl methyl sites for hydroxylation is 2. The van der Waals surface area contributed by atoms with Gasteiger partial charge in [-0.05, 0) is 66.8 Å². The number of ether oxygens (including phenoxy) is 1. The van der Waals surface area contributed by atoms with E-state index in [0.29, 0.717) is 18.9 Å². The molecule has 31 heavy (non-hydrogen) atoms. The summed E-state index contributed by atoms with van der Waals surface area (Å²) in [5.74, 6) is 1.49. The molecule has 6 nitrogen and oxygen atoms in total. The number of hydrogen-bond acceptors (Lipinski definition) is 5. The average molecular weight is 419 g/mol. The summed E-state index contributed by atoms with van der Waals surface area (Å²) >= 11 is 0. The highest BCUT2D eigenvalue weighted by atomic mass is 16.5. The molecule has 1 aromatic heterocycles. The summed E-state index contributed by atoms with van der Waals surface area (Å²) in [5, 5.41) is 18.8. The molecule has 1 heterocycles. The summed E-state index contributed by atoms with van der Waals surface area (Å²) in [6.07, 6.45) is 3.96. The van der Waals surface area contributed by atoms with Crippen molar-refractivity contribution in [3.05, 3.63) is 65.0 Å². The smallest absolute Gasteiger partial charge is 0.307 e. The third kappa shape index (κ3) is 3.46. The van der Waals surface area contributed by atoms with Crippen LogP contribution in [0.1, 0.15) is 42.3 Å². The first-order valence-electron chi connectivity index (χ1n) is 10.8. The van der Waals surface area contributed by atoms with Gasteiger partial charge in [0.25, 0.3) is 0 Å². The van der Waals surface area contributed by atoms with Crippen LogP contribution in [0.4, 0.5) is 0 Å². The monoisotopic (exact) mass is 419 g/mol. The Morgan fingerprint density at radius 1 is 1.26 bits per heavy atom. The first-order valence-corrected chi connectivity index (χ1v) is 10.8. The zero-order valence-corrected chi connectivity index (χ0v) is 17.4. The third-order valence-electron chi connectivity index (χ3n) is 6.65. The lowest BCUT2D eigenvalue weighted by Crippen LogP contribution is -2.11. The van der Waals surface area contributed by atoms with E-state index in [1.54, 1.807) is 24.3 Å². The number of nitrogens with zero attached hydrogens (tertiary/aromatic N) is 1. The van der Waals surface area contributed by atoms with E-state index in [1.165, 1.54) is 11.1 Å². The first-order chi connectivity index (χ1) is 15.0. The molecule has 6 heteroatoms. The summed E-state index contributed by atoms with van der Waals surface area (Å²) in [4.78, 5) is 16.0. The van der Waals surface area contributed by atoms with Crippen molar-refractivity contribution in [1.29, 1.82) is 0 Å². The molecule has 0 radical (unpaired) electrons. The van der Waals surface area contributed by atoms with Crippen LogP contribution >= 0.6 is 0 Å². The van der Waals surface area contributed by atoms with Crippen LogP contribution < -0.4 is 4.74 Å². The molecular weight excluding hydrogens is 394 g/mol. The van der Waals surface area contributed by atoms with Crippen molar-refractivity contribution in [3.8, 4) is 23.0 Å². The molecule has 2 aliphatic rings. The molecule has 2 N–H and O–H groups in total. The number of aromatic hydroxyl groups is 1. The van der Waals surface area contributed by atoms with Crippen molar-refractivity contribution in [1.82, 2.24) is 4.98 Å². The van der Waals surface area contributed by atoms with Gasteiger partial charge in [-0.15, -0.1) is 0 Å². The molecule has 2 aliphatic carbocycles. The van der Waals surface area contributed by atoms with Crippen molar-refractivity contribution < 1.29 is 24.2 Å². The number of fused-ring (bicyclic) bond motifs is 2. The predicted octanol–water partition coefficient (Wildman–Crippen LogP) is 4.52. The Bertz CT molecular complexity index is 1130. The summed E-state index contributed by atoms with van der Waals surface area (Å²) < 4.78 is 11.9. The van der Waals surface area contributed by atoms with E-state index in [1.807, 2.05) is 13.0 Å². The topological polar surface area (TPSA) is 92.8 Å². The van der Waals surface area contributed by atoms with Gasteiger partial charge in [0.05, 0.1) is 18.2 Å². The number of aliphatic carboxylic acids is 1. The molecule has 0 bridgehead atoms. The third-order valence-corrected chi connectivity index (χ3v) is 6.65. The number of carboxylic acids is 1. The minimum atomic E-state index is -0.681. The lowest BCUT2D eigenvalue weighted by Gasteiger charge is -2.11. The lowest BCUT2D eigenvalue weighted by atomic mass is 9.95. The highest BCUT2D eigenvalue weighted by Gasteiger charge is 2.61. The van der Waals surface area contributed by atoms with Crippen LogP contribution in [0.5, 0.6) is 11.5 Å². The second-order valence-electron chi connectivity index (χ2n) is 8.46. The van der Waals surface area contributed by atoms with Crippen LogP contribution in [0.3, 0.4) is 0 Å². The van der Waals surface area contributed by atoms with Crippen molar-refractivity contribution in [3.63, 3.8) is 0 Å². The van der Waals surface area contributed by atoms with Gasteiger partial charge in [-0.1, -0.05) is 13.0 Å². The maximum Gasteiger partial charge on any atom is 0.307 e. The molecule has 1 fully saturated rings. The summed E-state index contributed by atoms with van der Waals surface area (Å²) in [7, 11) is 0. The van der Waals surface area contributed by atoms with E-state index >= 15 is 0 Å². The van der Waals surface area contributed by atoms with Crippen LogP contribution in [0, 0.1) is 5.92 Å². The van der Waals surface area contributed by atoms with Crippen molar-refractivity contribution in [2.45, 2.75) is 44.4 Å². The maximum absolute atomic E-state index is 11.4. The standard InChI is InChI=1S/C25H25NO5/c1-2-22-21(26-23(31-22)15-3-5-17(27)6-4-15)10-12-30-18-7-8-19-16(13-18)9-11-25(19)14-20(25)24(28)29/h3-8,13,20,27H,2,9-12,14H2,1H3,(H,28,29). The maximum atomic E-state index is 11.4. The fourth-order valence-corrected chi connectivity index (χ4v) is 4.90. The molecule has 2 atom stereocenters. The lowest BCUT2D eigenvalue weighted by molar-refractivity contribution is -0.139. The normalized spacial score (nSPS) is 21.3. The fourth-order valence-electron chi connectivity index (χ4n) is 4.90. The Morgan fingerprint density at radius 2 is 2.06 bits per heavy atom. The van der Waals surface area contributed by atoms with Gasteiger partial charge < -0.3 is 19.4 Å². The number of carbonyl (C=O) groups is 1. The Hall–Kier alpha value is -3.28. The zero-order valence-electron chi connectivity index (χ0n) is 17.4. The van der Waals surface area contributed by atoms with Crippen molar-refractivity contribution in [2.75, 3.05) is 6.61 Å². The van der Waals surface area contributed by atoms with Crippen LogP contribution in [-0.2, 0) is 29.5 Å². The van der Waals surface area contributed by atoms with Gasteiger partial charge in [0.2, 0.25) is 5.89 Å². The Kier molecular flexibility index (Phi) is 4.73. The molecule has 0 amide bonds. The van der Waals surface area contributed by atoms with Gasteiger partial charge in [0.15, 0.2) is 0 Å². The van der Waals surface area contributed by atoms with E-state index in [0.717, 1.165) is 48.5 Å². The van der Waals surface area contributed by atoms with E-state index in [4.69, 9.17) is 9.15 Å². The quantitative estimate of drug-likeness (QED) is 0.585. The summed E-state index contributed by atoms with van der Waals surface area (Å²) in [6.45, 7) is 2.51. The molecule has 1 spiro atoms. The van der Waals surface area contributed by atoms with Crippen molar-refractivity contribution >= 4 is 5.97 Å². The molecule has 2 unspecified atom stereocenters. The van der Waals surface area contributed by atoms with Gasteiger partial charge in [0, 0.05) is 23.8 Å². The number of benzene rings is 2. The first kappa shape index (κ1) is 19.7. The van der Waals surface area contributed by atoms with E-state index in [-0.39, 0.29) is 17.1 Å². The number of carboxylic acid groups (broad SMARTS) is 1. The number of phenols is 1. The molecule has 5 rings (SSSR count). The summed E-state index contributed by atoms with van der Waals surface area (Å²) in [5.41, 5.74) is 3.98. The average Bonchev–Trinajstić information content (AvgIpc) is 3.19. The number of oxazole rings is 1. The molecule has 0 saturated heterocycles. The molecular formula is C25H25NO5. The zero-order chi connectivity index (χ0) is 21.6. The van der Waals surface area contributed by atoms with E-state index < -0.39 is 5.97 Å². The second-order valence-corrected chi connectivity index (χ2v) is 8.46. The largest absolute Gasteiger partial charge is 0.508 e. The van der Waals surface area contributed by atoms with Gasteiger partial charge >= 0.3 is 5.97 Å². The van der Waals surface area contributed by atoms with Crippen LogP contribution in [0.2, 0.25) is 0 Å². The Morgan fingerprint density at radius 3 is 2.77 bits per heavy atom. The van der Waals surface area contributed by atoms with Crippen LogP contribution in [-0.4, -0.2) is 27.8 Å². The second kappa shape index (κ2) is 7.45. The summed E-state index contributed by atoms with van der Waals surface area (Å²) in [6, 6.07) is 12.9. The highest BCUT2D eigenvalue weighted by Crippen LogP contribution is 2.61. The van der Waals surface area contributed by atoms with E-state index in [9.17, 15) is 15.0 Å². The Balaban J connectivity index is 1.25.